The van der Waals surface area contributed by atoms with Crippen molar-refractivity contribution in [1.29, 1.82) is 0 Å². The zero-order valence-electron chi connectivity index (χ0n) is 8.64. The summed E-state index contributed by atoms with van der Waals surface area (Å²) < 4.78 is 0. The van der Waals surface area contributed by atoms with E-state index in [9.17, 15) is 0 Å². The molecule has 13 heavy (non-hydrogen) atoms. The summed E-state index contributed by atoms with van der Waals surface area (Å²) in [5, 5.41) is 1.10. The van der Waals surface area contributed by atoms with Gasteiger partial charge in [-0.15, -0.1) is 0 Å². The summed E-state index contributed by atoms with van der Waals surface area (Å²) in [6, 6.07) is 0. The first-order valence-corrected chi connectivity index (χ1v) is 6.73. The Morgan fingerprint density at radius 3 is 2.77 bits per heavy atom. The minimum Gasteiger partial charge on any atom is -0.0925 e. The lowest BCUT2D eigenvalue weighted by atomic mass is 9.78. The average molecular weight is 245 g/mol. The van der Waals surface area contributed by atoms with E-state index >= 15 is 0 Å². The largest absolute Gasteiger partial charge is 0.0925 e. The maximum Gasteiger partial charge on any atom is 0.00659 e. The fraction of sp³-hybridized carbons (Fsp3) is 0.833. The Morgan fingerprint density at radius 2 is 2.08 bits per heavy atom. The molecule has 0 aliphatic heterocycles. The van der Waals surface area contributed by atoms with Crippen LogP contribution in [0.2, 0.25) is 0 Å². The number of allylic oxidation sites excluding steroid dienone is 2. The molecule has 0 aromatic rings. The molecule has 0 amide bonds. The van der Waals surface area contributed by atoms with Gasteiger partial charge < -0.3 is 0 Å². The maximum absolute atomic E-state index is 3.46. The highest BCUT2D eigenvalue weighted by Crippen LogP contribution is 2.33. The van der Waals surface area contributed by atoms with Gasteiger partial charge in [-0.3, -0.25) is 0 Å². The molecule has 0 aromatic heterocycles. The summed E-state index contributed by atoms with van der Waals surface area (Å²) in [6.45, 7) is 2.33. The van der Waals surface area contributed by atoms with Crippen molar-refractivity contribution in [1.82, 2.24) is 0 Å². The van der Waals surface area contributed by atoms with Gasteiger partial charge >= 0.3 is 0 Å². The Bertz CT molecular complexity index is 151. The zero-order valence-corrected chi connectivity index (χ0v) is 10.2. The molecular formula is C12H21Br. The van der Waals surface area contributed by atoms with Crippen LogP contribution in [0.3, 0.4) is 0 Å². The van der Waals surface area contributed by atoms with Crippen molar-refractivity contribution in [3.05, 3.63) is 12.2 Å². The van der Waals surface area contributed by atoms with Crippen LogP contribution in [-0.4, -0.2) is 5.33 Å². The number of alkyl halides is 1. The van der Waals surface area contributed by atoms with Crippen molar-refractivity contribution >= 4 is 15.9 Å². The Labute approximate surface area is 90.9 Å². The summed E-state index contributed by atoms with van der Waals surface area (Å²) in [7, 11) is 0. The molecule has 1 heteroatoms. The normalized spacial score (nSPS) is 29.7. The molecule has 2 unspecified atom stereocenters. The molecule has 76 valence electrons. The van der Waals surface area contributed by atoms with Crippen molar-refractivity contribution < 1.29 is 0 Å². The molecule has 2 atom stereocenters. The minimum absolute atomic E-state index is 0.887. The standard InChI is InChI=1S/C12H21Br/c1-2-11-7-3-4-8-12(11)9-5-6-10-13/h5,9,11-12H,2-4,6-8,10H2,1H3. The molecule has 1 saturated carbocycles. The Hall–Kier alpha value is 0.220. The molecule has 0 radical (unpaired) electrons. The number of hydrogen-bond donors (Lipinski definition) is 0. The van der Waals surface area contributed by atoms with Crippen LogP contribution in [0.4, 0.5) is 0 Å². The summed E-state index contributed by atoms with van der Waals surface area (Å²) in [5.74, 6) is 1.86. The molecule has 1 aliphatic rings. The molecule has 0 N–H and O–H groups in total. The predicted molar refractivity (Wildman–Crippen MR) is 63.3 cm³/mol. The molecule has 0 bridgehead atoms. The first-order chi connectivity index (χ1) is 6.38. The minimum atomic E-state index is 0.887. The molecule has 0 nitrogen and oxygen atoms in total. The lowest BCUT2D eigenvalue weighted by Crippen LogP contribution is -2.16. The molecule has 1 rings (SSSR count). The van der Waals surface area contributed by atoms with Gasteiger partial charge in [0.1, 0.15) is 0 Å². The van der Waals surface area contributed by atoms with Crippen LogP contribution in [0.15, 0.2) is 12.2 Å². The van der Waals surface area contributed by atoms with Crippen LogP contribution in [0.25, 0.3) is 0 Å². The van der Waals surface area contributed by atoms with Gasteiger partial charge in [0.05, 0.1) is 0 Å². The molecule has 0 heterocycles. The number of rotatable bonds is 4. The van der Waals surface area contributed by atoms with E-state index in [1.54, 1.807) is 0 Å². The van der Waals surface area contributed by atoms with Crippen molar-refractivity contribution in [3.8, 4) is 0 Å². The predicted octanol–water partition coefficient (Wildman–Crippen LogP) is 4.54. The maximum atomic E-state index is 3.46. The summed E-state index contributed by atoms with van der Waals surface area (Å²) in [6.07, 6.45) is 13.2. The van der Waals surface area contributed by atoms with Crippen LogP contribution < -0.4 is 0 Å². The summed E-state index contributed by atoms with van der Waals surface area (Å²) >= 11 is 3.46. The highest BCUT2D eigenvalue weighted by molar-refractivity contribution is 9.09. The number of hydrogen-bond acceptors (Lipinski definition) is 0. The first-order valence-electron chi connectivity index (χ1n) is 5.61. The van der Waals surface area contributed by atoms with E-state index in [1.165, 1.54) is 38.5 Å². The highest BCUT2D eigenvalue weighted by Gasteiger charge is 2.20. The van der Waals surface area contributed by atoms with Gasteiger partial charge in [-0.25, -0.2) is 0 Å². The van der Waals surface area contributed by atoms with E-state index in [0.717, 1.165) is 17.2 Å². The Kier molecular flexibility index (Phi) is 5.77. The van der Waals surface area contributed by atoms with Crippen molar-refractivity contribution in [2.45, 2.75) is 45.4 Å². The van der Waals surface area contributed by atoms with Gasteiger partial charge in [-0.05, 0) is 31.1 Å². The van der Waals surface area contributed by atoms with E-state index in [-0.39, 0.29) is 0 Å². The topological polar surface area (TPSA) is 0 Å². The van der Waals surface area contributed by atoms with Gasteiger partial charge in [0.25, 0.3) is 0 Å². The fourth-order valence-corrected chi connectivity index (χ4v) is 2.59. The smallest absolute Gasteiger partial charge is 0.00659 e. The second-order valence-electron chi connectivity index (χ2n) is 4.02. The van der Waals surface area contributed by atoms with E-state index in [2.05, 4.69) is 35.0 Å². The van der Waals surface area contributed by atoms with Crippen LogP contribution >= 0.6 is 15.9 Å². The molecule has 0 saturated heterocycles. The Morgan fingerprint density at radius 1 is 1.31 bits per heavy atom. The van der Waals surface area contributed by atoms with Crippen molar-refractivity contribution in [3.63, 3.8) is 0 Å². The Balaban J connectivity index is 2.35. The van der Waals surface area contributed by atoms with Crippen molar-refractivity contribution in [2.24, 2.45) is 11.8 Å². The van der Waals surface area contributed by atoms with Gasteiger partial charge in [0.15, 0.2) is 0 Å². The number of halogens is 1. The molecule has 1 fully saturated rings. The van der Waals surface area contributed by atoms with Gasteiger partial charge in [-0.2, -0.15) is 0 Å². The average Bonchev–Trinajstić information content (AvgIpc) is 2.19. The second kappa shape index (κ2) is 6.64. The summed E-state index contributed by atoms with van der Waals surface area (Å²) in [5.41, 5.74) is 0. The first kappa shape index (κ1) is 11.3. The molecule has 1 aliphatic carbocycles. The quantitative estimate of drug-likeness (QED) is 0.503. The van der Waals surface area contributed by atoms with Crippen molar-refractivity contribution in [2.75, 3.05) is 5.33 Å². The van der Waals surface area contributed by atoms with Crippen LogP contribution in [0.1, 0.15) is 45.4 Å². The molecular weight excluding hydrogens is 224 g/mol. The monoisotopic (exact) mass is 244 g/mol. The van der Waals surface area contributed by atoms with Gasteiger partial charge in [-0.1, -0.05) is 54.3 Å². The third-order valence-corrected chi connectivity index (χ3v) is 3.61. The molecule has 0 spiro atoms. The SMILES string of the molecule is CCC1CCCCC1C=CCCBr. The highest BCUT2D eigenvalue weighted by atomic mass is 79.9. The van der Waals surface area contributed by atoms with Gasteiger partial charge in [0.2, 0.25) is 0 Å². The van der Waals surface area contributed by atoms with Crippen LogP contribution in [-0.2, 0) is 0 Å². The molecule has 0 aromatic carbocycles. The van der Waals surface area contributed by atoms with E-state index < -0.39 is 0 Å². The van der Waals surface area contributed by atoms with E-state index in [4.69, 9.17) is 0 Å². The van der Waals surface area contributed by atoms with E-state index in [0.29, 0.717) is 0 Å². The van der Waals surface area contributed by atoms with E-state index in [1.807, 2.05) is 0 Å². The lowest BCUT2D eigenvalue weighted by molar-refractivity contribution is 0.276. The third-order valence-electron chi connectivity index (χ3n) is 3.15. The zero-order chi connectivity index (χ0) is 9.52. The van der Waals surface area contributed by atoms with Gasteiger partial charge in [0, 0.05) is 5.33 Å². The third kappa shape index (κ3) is 3.84. The second-order valence-corrected chi connectivity index (χ2v) is 4.82. The van der Waals surface area contributed by atoms with Crippen LogP contribution in [0.5, 0.6) is 0 Å². The summed E-state index contributed by atoms with van der Waals surface area (Å²) in [4.78, 5) is 0. The lowest BCUT2D eigenvalue weighted by Gasteiger charge is -2.28. The fourth-order valence-electron chi connectivity index (χ4n) is 2.33. The van der Waals surface area contributed by atoms with Crippen LogP contribution in [0, 0.1) is 11.8 Å².